The topological polar surface area (TPSA) is 606 Å². The van der Waals surface area contributed by atoms with Crippen LogP contribution in [0, 0.1) is 27.7 Å². The summed E-state index contributed by atoms with van der Waals surface area (Å²) in [6.07, 6.45) is 16.8. The standard InChI is InChI=1S/C21H28N8O.C21H28N4O3.C19H26N4O3.C18H24N8O.C17H25N4O4P/c1-4-5-10-23-18-16(13(2)24-20(22)25-18)12-14-11-15(6-7-17(14)30-3)21(8-9-21)19-26-28-29-27-19;1-4-5-10-23-18-16(13(2)24-20(22)25-18)12-14-11-15(6-7-17(14)28-3)21(8-9-21)19(26)27;1-3-4-11-21-18-14(12-13-7-5-6-8-16(13)26-2)15(9-10-17(24)25)22-19(20)23-18;1-4-5-8-20-17-14(11(2)21-18(19)22-17)10-13-9-12(6-7-15(13)27-3)16-23-25-26-24-16;1-4-5-8-19-16-14(11(2)20-17(18)21-16)10-12-9-13(26(22,23)24)6-7-15(12)25-3/h6-7,11H,4-5,8-10,12H2,1-3H3,(H3,22,23,24,25)(H,26,27,28,29);6-7,11H,4-5,8-10,12H2,1-3H3,(H,26,27)(H3,22,23,24,25);5-8H,3-4,9-12H2,1-2H3,(H,24,25)(H3,20,21,22,23);6-7,9H,4-5,8,10H2,1-3H3,(H3,19,20,21,22)(H,23,24,25,26);6-7,9H,4-5,8,10H2,1-3H3,(H2,22,23,24)(H3,18,19,20,21). The van der Waals surface area contributed by atoms with Gasteiger partial charge < -0.3 is 98.9 Å². The summed E-state index contributed by atoms with van der Waals surface area (Å²) in [5.74, 6) is 7.98. The summed E-state index contributed by atoms with van der Waals surface area (Å²) in [4.78, 5) is 85.1. The number of anilines is 10. The summed E-state index contributed by atoms with van der Waals surface area (Å²) in [6, 6.07) is 29.9. The van der Waals surface area contributed by atoms with E-state index in [1.54, 1.807) is 34.5 Å². The van der Waals surface area contributed by atoms with E-state index >= 15 is 0 Å². The van der Waals surface area contributed by atoms with Crippen LogP contribution in [-0.4, -0.2) is 191 Å². The highest BCUT2D eigenvalue weighted by Crippen LogP contribution is 2.53. The van der Waals surface area contributed by atoms with E-state index in [1.165, 1.54) is 24.8 Å². The number of nitrogens with zero attached hydrogens (tertiary/aromatic N) is 16. The Morgan fingerprint density at radius 1 is 0.416 bits per heavy atom. The molecule has 0 spiro atoms. The number of benzene rings is 5. The molecule has 0 atom stereocenters. The van der Waals surface area contributed by atoms with Gasteiger partial charge in [-0.2, -0.15) is 35.3 Å². The fourth-order valence-corrected chi connectivity index (χ4v) is 16.3. The zero-order valence-electron chi connectivity index (χ0n) is 80.7. The molecule has 7 aromatic heterocycles. The van der Waals surface area contributed by atoms with Crippen molar-refractivity contribution >= 4 is 83.7 Å². The van der Waals surface area contributed by atoms with E-state index in [2.05, 4.69) is 164 Å². The van der Waals surface area contributed by atoms with E-state index in [1.807, 2.05) is 94.4 Å². The number of rotatable bonds is 44. The minimum atomic E-state index is -4.36. The third-order valence-corrected chi connectivity index (χ3v) is 24.5. The third kappa shape index (κ3) is 28.7. The molecule has 2 saturated carbocycles. The fourth-order valence-electron chi connectivity index (χ4n) is 15.7. The van der Waals surface area contributed by atoms with Crippen molar-refractivity contribution in [3.8, 4) is 40.1 Å². The molecule has 0 radical (unpaired) electrons. The maximum absolute atomic E-state index is 11.7. The van der Waals surface area contributed by atoms with Gasteiger partial charge in [0.25, 0.3) is 0 Å². The van der Waals surface area contributed by atoms with Crippen molar-refractivity contribution in [2.24, 2.45) is 0 Å². The highest BCUT2D eigenvalue weighted by molar-refractivity contribution is 7.60. The first kappa shape index (κ1) is 105. The van der Waals surface area contributed by atoms with Gasteiger partial charge >= 0.3 is 19.5 Å². The van der Waals surface area contributed by atoms with E-state index in [0.717, 1.165) is 234 Å². The van der Waals surface area contributed by atoms with Crippen molar-refractivity contribution in [3.05, 3.63) is 198 Å². The Balaban J connectivity index is 0.000000177. The summed E-state index contributed by atoms with van der Waals surface area (Å²) in [5, 5.41) is 64.4. The van der Waals surface area contributed by atoms with Crippen LogP contribution in [0.1, 0.15) is 232 Å². The Bertz CT molecular complexity index is 6040. The average molecular weight is 1900 g/mol. The van der Waals surface area contributed by atoms with Crippen LogP contribution in [0.4, 0.5) is 58.8 Å². The van der Waals surface area contributed by atoms with Gasteiger partial charge in [-0.1, -0.05) is 114 Å². The number of nitrogen functional groups attached to an aromatic ring is 5. The Morgan fingerprint density at radius 2 is 0.774 bits per heavy atom. The zero-order valence-corrected chi connectivity index (χ0v) is 81.6. The maximum atomic E-state index is 11.7. The number of tetrazole rings is 2. The number of unbranched alkanes of at least 4 members (excludes halogenated alkanes) is 5. The summed E-state index contributed by atoms with van der Waals surface area (Å²) >= 11 is 0. The van der Waals surface area contributed by atoms with Crippen molar-refractivity contribution < 1.29 is 57.8 Å². The summed E-state index contributed by atoms with van der Waals surface area (Å²) in [5.41, 5.74) is 44.3. The van der Waals surface area contributed by atoms with Gasteiger partial charge in [0.1, 0.15) is 57.8 Å². The number of ether oxygens (including phenoxy) is 5. The lowest BCUT2D eigenvalue weighted by Gasteiger charge is -2.18. The third-order valence-electron chi connectivity index (χ3n) is 23.6. The number of carbonyl (C=O) groups is 2. The van der Waals surface area contributed by atoms with Crippen molar-refractivity contribution in [1.29, 1.82) is 0 Å². The maximum Gasteiger partial charge on any atom is 0.356 e. The summed E-state index contributed by atoms with van der Waals surface area (Å²) in [6.45, 7) is 22.3. The van der Waals surface area contributed by atoms with Crippen LogP contribution in [0.5, 0.6) is 28.7 Å². The van der Waals surface area contributed by atoms with Crippen molar-refractivity contribution in [3.63, 3.8) is 0 Å². The van der Waals surface area contributed by atoms with Gasteiger partial charge in [0.05, 0.1) is 63.8 Å². The first-order valence-electron chi connectivity index (χ1n) is 46.1. The number of carboxylic acids is 2. The molecule has 5 aromatic carbocycles. The van der Waals surface area contributed by atoms with Crippen molar-refractivity contribution in [2.75, 3.05) is 124 Å². The van der Waals surface area contributed by atoms with E-state index < -0.39 is 24.9 Å². The number of hydrogen-bond acceptors (Lipinski definition) is 34. The second-order valence-corrected chi connectivity index (χ2v) is 35.0. The van der Waals surface area contributed by atoms with Gasteiger partial charge in [-0.15, -0.1) is 20.4 Å². The highest BCUT2D eigenvalue weighted by Gasteiger charge is 2.52. The van der Waals surface area contributed by atoms with Crippen LogP contribution >= 0.6 is 7.60 Å². The molecule has 732 valence electrons. The number of aryl methyl sites for hydroxylation is 5. The Labute approximate surface area is 798 Å². The second-order valence-electron chi connectivity index (χ2n) is 33.4. The van der Waals surface area contributed by atoms with E-state index in [0.29, 0.717) is 91.5 Å². The predicted molar refractivity (Wildman–Crippen MR) is 531 cm³/mol. The normalized spacial score (nSPS) is 12.4. The molecule has 0 amide bonds. The van der Waals surface area contributed by atoms with E-state index in [-0.39, 0.29) is 46.9 Å². The number of aromatic amines is 2. The van der Waals surface area contributed by atoms with E-state index in [9.17, 15) is 29.0 Å². The average Bonchev–Trinajstić information content (AvgIpc) is 1.57. The second kappa shape index (κ2) is 50.3. The minimum Gasteiger partial charge on any atom is -0.496 e. The lowest BCUT2D eigenvalue weighted by Crippen LogP contribution is -2.19. The number of carboxylic acid groups (broad SMARTS) is 2. The monoisotopic (exact) mass is 1900 g/mol. The number of hydrogen-bond donors (Lipinski definition) is 16. The molecule has 7 heterocycles. The number of nitrogens with one attached hydrogen (secondary N) is 7. The zero-order chi connectivity index (χ0) is 98.9. The first-order chi connectivity index (χ1) is 65.9. The van der Waals surface area contributed by atoms with Crippen LogP contribution in [0.2, 0.25) is 0 Å². The van der Waals surface area contributed by atoms with Gasteiger partial charge in [0, 0.05) is 127 Å². The molecule has 137 heavy (non-hydrogen) atoms. The molecule has 2 fully saturated rings. The molecule has 14 rings (SSSR count). The van der Waals surface area contributed by atoms with Crippen LogP contribution < -0.4 is 84.2 Å². The number of aromatic nitrogens is 18. The number of aliphatic carboxylic acids is 2. The molecule has 0 unspecified atom stereocenters. The van der Waals surface area contributed by atoms with Crippen LogP contribution in [0.15, 0.2) is 97.1 Å². The van der Waals surface area contributed by atoms with Crippen molar-refractivity contribution in [1.82, 2.24) is 91.1 Å². The quantitative estimate of drug-likeness (QED) is 0.0125. The molecule has 41 heteroatoms. The number of nitrogens with two attached hydrogens (primary N) is 5. The molecule has 0 saturated heterocycles. The lowest BCUT2D eigenvalue weighted by molar-refractivity contribution is -0.140. The van der Waals surface area contributed by atoms with Gasteiger partial charge in [0.2, 0.25) is 35.6 Å². The fraction of sp³-hybridized carbons (Fsp3) is 0.438. The van der Waals surface area contributed by atoms with Crippen LogP contribution in [0.3, 0.4) is 0 Å². The number of H-pyrrole nitrogens is 2. The van der Waals surface area contributed by atoms with Gasteiger partial charge in [-0.25, -0.2) is 24.9 Å². The van der Waals surface area contributed by atoms with Gasteiger partial charge in [0.15, 0.2) is 5.82 Å². The lowest BCUT2D eigenvalue weighted by atomic mass is 9.91. The molecule has 2 aliphatic carbocycles. The van der Waals surface area contributed by atoms with E-state index in [4.69, 9.17) is 57.5 Å². The summed E-state index contributed by atoms with van der Waals surface area (Å²) < 4.78 is 39.1. The van der Waals surface area contributed by atoms with Gasteiger partial charge in [-0.3, -0.25) is 14.2 Å². The molecule has 0 aliphatic heterocycles. The minimum absolute atomic E-state index is 0.0101. The molecule has 12 aromatic rings. The molecule has 21 N–H and O–H groups in total. The van der Waals surface area contributed by atoms with Gasteiger partial charge in [-0.05, 0) is 184 Å². The van der Waals surface area contributed by atoms with Crippen molar-refractivity contribution in [2.45, 2.75) is 208 Å². The number of para-hydroxylation sites is 1. The Hall–Kier alpha value is -14.3. The molecular formula is C96H131N28O12P. The highest BCUT2D eigenvalue weighted by atomic mass is 31.2. The molecule has 40 nitrogen and oxygen atoms in total. The molecule has 0 bridgehead atoms. The molecular weight excluding hydrogens is 1770 g/mol. The predicted octanol–water partition coefficient (Wildman–Crippen LogP) is 13.3. The largest absolute Gasteiger partial charge is 0.496 e. The van der Waals surface area contributed by atoms with Crippen LogP contribution in [0.25, 0.3) is 11.4 Å². The smallest absolute Gasteiger partial charge is 0.356 e. The Morgan fingerprint density at radius 3 is 1.15 bits per heavy atom. The first-order valence-corrected chi connectivity index (χ1v) is 47.7. The summed E-state index contributed by atoms with van der Waals surface area (Å²) in [7, 11) is 3.75. The molecule has 2 aliphatic rings. The Kier molecular flexibility index (Phi) is 38.5. The van der Waals surface area contributed by atoms with Crippen LogP contribution in [-0.2, 0) is 63.5 Å². The SMILES string of the molecule is CCCCNc1nc(N)nc(C)c1Cc1cc(-c2nn[nH]n2)ccc1OC.CCCCNc1nc(N)nc(C)c1Cc1cc(C2(C(=O)O)CC2)ccc1OC.CCCCNc1nc(N)nc(C)c1Cc1cc(C2(c3nn[nH]n3)CC2)ccc1OC.CCCCNc1nc(N)nc(C)c1Cc1cc(P(=O)(O)O)ccc1OC.CCCCNc1nc(N)nc(CCC(=O)O)c1Cc1ccccc1OC. The number of methoxy groups -OCH3 is 5.